The van der Waals surface area contributed by atoms with Gasteiger partial charge in [0.1, 0.15) is 4.60 Å². The van der Waals surface area contributed by atoms with Gasteiger partial charge in [-0.2, -0.15) is 16.9 Å². The largest absolute Gasteiger partial charge is 0.261 e. The molecule has 0 N–H and O–H groups in total. The standard InChI is InChI=1S/C9H13BrN2S/c1-12-9(10)5-8(11-12)7-3-2-4-13-6-7/h5,7H,2-4,6H2,1H3. The fraction of sp³-hybridized carbons (Fsp3) is 0.667. The van der Waals surface area contributed by atoms with E-state index in [0.29, 0.717) is 5.92 Å². The van der Waals surface area contributed by atoms with Crippen molar-refractivity contribution in [1.82, 2.24) is 9.78 Å². The normalized spacial score (nSPS) is 23.4. The Balaban J connectivity index is 2.14. The Morgan fingerprint density at radius 2 is 2.54 bits per heavy atom. The first-order valence-corrected chi connectivity index (χ1v) is 6.49. The summed E-state index contributed by atoms with van der Waals surface area (Å²) in [7, 11) is 1.98. The van der Waals surface area contributed by atoms with Crippen LogP contribution in [0, 0.1) is 0 Å². The average molecular weight is 261 g/mol. The smallest absolute Gasteiger partial charge is 0.104 e. The summed E-state index contributed by atoms with van der Waals surface area (Å²) in [6, 6.07) is 2.15. The van der Waals surface area contributed by atoms with Crippen LogP contribution in [0.4, 0.5) is 0 Å². The van der Waals surface area contributed by atoms with Crippen molar-refractivity contribution in [2.24, 2.45) is 7.05 Å². The Hall–Kier alpha value is 0.0400. The minimum Gasteiger partial charge on any atom is -0.261 e. The van der Waals surface area contributed by atoms with Crippen LogP contribution in [-0.4, -0.2) is 21.3 Å². The van der Waals surface area contributed by atoms with Gasteiger partial charge in [0.2, 0.25) is 0 Å². The van der Waals surface area contributed by atoms with Crippen molar-refractivity contribution in [2.75, 3.05) is 11.5 Å². The quantitative estimate of drug-likeness (QED) is 0.773. The lowest BCUT2D eigenvalue weighted by Crippen LogP contribution is -2.09. The molecule has 0 amide bonds. The highest BCUT2D eigenvalue weighted by atomic mass is 79.9. The molecule has 1 fully saturated rings. The number of halogens is 1. The summed E-state index contributed by atoms with van der Waals surface area (Å²) in [6.07, 6.45) is 2.64. The summed E-state index contributed by atoms with van der Waals surface area (Å²) < 4.78 is 2.98. The number of hydrogen-bond donors (Lipinski definition) is 0. The average Bonchev–Trinajstić information content (AvgIpc) is 2.49. The molecule has 1 atom stereocenters. The molecule has 0 spiro atoms. The van der Waals surface area contributed by atoms with Gasteiger partial charge >= 0.3 is 0 Å². The van der Waals surface area contributed by atoms with Gasteiger partial charge in [-0.1, -0.05) is 0 Å². The predicted octanol–water partition coefficient (Wildman–Crippen LogP) is 2.79. The van der Waals surface area contributed by atoms with Crippen molar-refractivity contribution in [1.29, 1.82) is 0 Å². The van der Waals surface area contributed by atoms with Gasteiger partial charge in [-0.3, -0.25) is 4.68 Å². The Morgan fingerprint density at radius 3 is 3.08 bits per heavy atom. The fourth-order valence-corrected chi connectivity index (χ4v) is 3.11. The molecule has 13 heavy (non-hydrogen) atoms. The van der Waals surface area contributed by atoms with E-state index in [4.69, 9.17) is 0 Å². The van der Waals surface area contributed by atoms with Crippen molar-refractivity contribution in [3.05, 3.63) is 16.4 Å². The molecule has 2 rings (SSSR count). The van der Waals surface area contributed by atoms with Crippen molar-refractivity contribution in [3.8, 4) is 0 Å². The van der Waals surface area contributed by atoms with E-state index >= 15 is 0 Å². The number of hydrogen-bond acceptors (Lipinski definition) is 2. The number of aromatic nitrogens is 2. The van der Waals surface area contributed by atoms with E-state index in [-0.39, 0.29) is 0 Å². The zero-order chi connectivity index (χ0) is 9.26. The molecule has 0 aliphatic carbocycles. The van der Waals surface area contributed by atoms with E-state index in [1.807, 2.05) is 23.5 Å². The zero-order valence-electron chi connectivity index (χ0n) is 7.66. The van der Waals surface area contributed by atoms with Gasteiger partial charge in [0.05, 0.1) is 5.69 Å². The molecule has 0 aromatic carbocycles. The summed E-state index contributed by atoms with van der Waals surface area (Å²) in [5.74, 6) is 3.24. The predicted molar refractivity (Wildman–Crippen MR) is 60.2 cm³/mol. The van der Waals surface area contributed by atoms with E-state index < -0.39 is 0 Å². The molecule has 1 saturated heterocycles. The molecule has 1 unspecified atom stereocenters. The summed E-state index contributed by atoms with van der Waals surface area (Å²) in [6.45, 7) is 0. The fourth-order valence-electron chi connectivity index (χ4n) is 1.64. The lowest BCUT2D eigenvalue weighted by atomic mass is 10.0. The Labute approximate surface area is 91.2 Å². The highest BCUT2D eigenvalue weighted by Gasteiger charge is 2.18. The maximum absolute atomic E-state index is 4.49. The second-order valence-corrected chi connectivity index (χ2v) is 5.39. The molecule has 72 valence electrons. The third-order valence-electron chi connectivity index (χ3n) is 2.42. The molecule has 1 aliphatic heterocycles. The Morgan fingerprint density at radius 1 is 1.69 bits per heavy atom. The lowest BCUT2D eigenvalue weighted by Gasteiger charge is -2.18. The first kappa shape index (κ1) is 9.59. The molecule has 1 aliphatic rings. The zero-order valence-corrected chi connectivity index (χ0v) is 10.1. The topological polar surface area (TPSA) is 17.8 Å². The second kappa shape index (κ2) is 4.05. The van der Waals surface area contributed by atoms with Crippen LogP contribution in [0.1, 0.15) is 24.5 Å². The SMILES string of the molecule is Cn1nc(C2CCCSC2)cc1Br. The van der Waals surface area contributed by atoms with Crippen LogP contribution in [0.5, 0.6) is 0 Å². The molecule has 0 saturated carbocycles. The molecule has 4 heteroatoms. The van der Waals surface area contributed by atoms with E-state index in [9.17, 15) is 0 Å². The van der Waals surface area contributed by atoms with Crippen LogP contribution in [-0.2, 0) is 7.05 Å². The second-order valence-electron chi connectivity index (χ2n) is 3.43. The van der Waals surface area contributed by atoms with Crippen LogP contribution in [0.15, 0.2) is 10.7 Å². The van der Waals surface area contributed by atoms with Crippen LogP contribution in [0.3, 0.4) is 0 Å². The maximum atomic E-state index is 4.49. The van der Waals surface area contributed by atoms with Crippen molar-refractivity contribution >= 4 is 27.7 Å². The van der Waals surface area contributed by atoms with E-state index in [2.05, 4.69) is 27.1 Å². The Bertz CT molecular complexity index is 272. The lowest BCUT2D eigenvalue weighted by molar-refractivity contribution is 0.621. The summed E-state index contributed by atoms with van der Waals surface area (Å²) >= 11 is 5.52. The van der Waals surface area contributed by atoms with Crippen LogP contribution in [0.2, 0.25) is 0 Å². The first-order chi connectivity index (χ1) is 6.27. The summed E-state index contributed by atoms with van der Waals surface area (Å²) in [4.78, 5) is 0. The van der Waals surface area contributed by atoms with E-state index in [1.165, 1.54) is 30.0 Å². The summed E-state index contributed by atoms with van der Waals surface area (Å²) in [5, 5.41) is 4.49. The van der Waals surface area contributed by atoms with Crippen molar-refractivity contribution in [3.63, 3.8) is 0 Å². The number of nitrogens with zero attached hydrogens (tertiary/aromatic N) is 2. The first-order valence-electron chi connectivity index (χ1n) is 4.54. The van der Waals surface area contributed by atoms with Crippen LogP contribution in [0.25, 0.3) is 0 Å². The van der Waals surface area contributed by atoms with Gasteiger partial charge in [0.25, 0.3) is 0 Å². The van der Waals surface area contributed by atoms with Crippen LogP contribution < -0.4 is 0 Å². The highest BCUT2D eigenvalue weighted by Crippen LogP contribution is 2.31. The number of aryl methyl sites for hydroxylation is 1. The highest BCUT2D eigenvalue weighted by molar-refractivity contribution is 9.10. The van der Waals surface area contributed by atoms with Crippen molar-refractivity contribution < 1.29 is 0 Å². The maximum Gasteiger partial charge on any atom is 0.104 e. The molecular formula is C9H13BrN2S. The third-order valence-corrected chi connectivity index (χ3v) is 4.38. The van der Waals surface area contributed by atoms with Crippen molar-refractivity contribution in [2.45, 2.75) is 18.8 Å². The van der Waals surface area contributed by atoms with Gasteiger partial charge in [-0.15, -0.1) is 0 Å². The van der Waals surface area contributed by atoms with Gasteiger partial charge in [-0.25, -0.2) is 0 Å². The van der Waals surface area contributed by atoms with Gasteiger partial charge < -0.3 is 0 Å². The Kier molecular flexibility index (Phi) is 2.99. The molecule has 1 aromatic heterocycles. The van der Waals surface area contributed by atoms with Gasteiger partial charge in [0, 0.05) is 18.7 Å². The van der Waals surface area contributed by atoms with Gasteiger partial charge in [0.15, 0.2) is 0 Å². The molecule has 2 heterocycles. The third kappa shape index (κ3) is 2.10. The van der Waals surface area contributed by atoms with E-state index in [0.717, 1.165) is 4.60 Å². The number of rotatable bonds is 1. The molecule has 1 aromatic rings. The van der Waals surface area contributed by atoms with E-state index in [1.54, 1.807) is 0 Å². The minimum atomic E-state index is 0.677. The van der Waals surface area contributed by atoms with Gasteiger partial charge in [-0.05, 0) is 40.6 Å². The number of thioether (sulfide) groups is 1. The van der Waals surface area contributed by atoms with Crippen LogP contribution >= 0.6 is 27.7 Å². The minimum absolute atomic E-state index is 0.677. The molecular weight excluding hydrogens is 248 g/mol. The molecule has 0 bridgehead atoms. The monoisotopic (exact) mass is 260 g/mol. The molecule has 2 nitrogen and oxygen atoms in total. The summed E-state index contributed by atoms with van der Waals surface area (Å²) in [5.41, 5.74) is 1.25. The molecule has 0 radical (unpaired) electrons.